The summed E-state index contributed by atoms with van der Waals surface area (Å²) in [5.74, 6) is 0.549. The van der Waals surface area contributed by atoms with E-state index in [1.165, 1.54) is 10.7 Å². The van der Waals surface area contributed by atoms with Gasteiger partial charge >= 0.3 is 0 Å². The van der Waals surface area contributed by atoms with Gasteiger partial charge in [0.05, 0.1) is 12.2 Å². The summed E-state index contributed by atoms with van der Waals surface area (Å²) in [6.07, 6.45) is 3.20. The van der Waals surface area contributed by atoms with Gasteiger partial charge in [-0.1, -0.05) is 0 Å². The fourth-order valence-corrected chi connectivity index (χ4v) is 2.51. The third kappa shape index (κ3) is 2.42. The number of rotatable bonds is 5. The van der Waals surface area contributed by atoms with E-state index in [9.17, 15) is 8.42 Å². The number of nitrogens with one attached hydrogen (secondary N) is 1. The highest BCUT2D eigenvalue weighted by Gasteiger charge is 2.33. The zero-order chi connectivity index (χ0) is 11.8. The van der Waals surface area contributed by atoms with Gasteiger partial charge in [0.2, 0.25) is 0 Å². The van der Waals surface area contributed by atoms with Crippen molar-refractivity contribution in [1.82, 2.24) is 14.0 Å². The Kier molecular flexibility index (Phi) is 3.00. The van der Waals surface area contributed by atoms with Gasteiger partial charge < -0.3 is 4.42 Å². The van der Waals surface area contributed by atoms with Crippen LogP contribution < -0.4 is 4.72 Å². The highest BCUT2D eigenvalue weighted by atomic mass is 32.2. The lowest BCUT2D eigenvalue weighted by molar-refractivity contribution is 0.442. The van der Waals surface area contributed by atoms with E-state index in [0.717, 1.165) is 12.8 Å². The van der Waals surface area contributed by atoms with Crippen LogP contribution in [0, 0.1) is 6.92 Å². The van der Waals surface area contributed by atoms with Gasteiger partial charge in [0.1, 0.15) is 5.76 Å². The third-order valence-electron chi connectivity index (χ3n) is 2.70. The quantitative estimate of drug-likeness (QED) is 0.815. The molecule has 1 fully saturated rings. The minimum Gasteiger partial charge on any atom is -0.447 e. The number of hydrogen-bond donors (Lipinski definition) is 1. The van der Waals surface area contributed by atoms with Crippen molar-refractivity contribution in [2.45, 2.75) is 32.4 Å². The Morgan fingerprint density at radius 3 is 2.81 bits per heavy atom. The summed E-state index contributed by atoms with van der Waals surface area (Å²) >= 11 is 0. The molecule has 7 heteroatoms. The molecule has 2 rings (SSSR count). The molecule has 6 nitrogen and oxygen atoms in total. The minimum absolute atomic E-state index is 0.144. The average molecular weight is 245 g/mol. The van der Waals surface area contributed by atoms with Gasteiger partial charge in [-0.3, -0.25) is 0 Å². The van der Waals surface area contributed by atoms with E-state index in [1.54, 1.807) is 14.0 Å². The second-order valence-electron chi connectivity index (χ2n) is 3.93. The summed E-state index contributed by atoms with van der Waals surface area (Å²) in [6, 6.07) is 0.160. The summed E-state index contributed by atoms with van der Waals surface area (Å²) in [5, 5.41) is 0. The van der Waals surface area contributed by atoms with Crippen LogP contribution in [0.5, 0.6) is 0 Å². The first-order chi connectivity index (χ1) is 7.50. The van der Waals surface area contributed by atoms with Crippen molar-refractivity contribution >= 4 is 10.2 Å². The van der Waals surface area contributed by atoms with Crippen molar-refractivity contribution in [2.75, 3.05) is 7.05 Å². The van der Waals surface area contributed by atoms with Crippen molar-refractivity contribution in [3.05, 3.63) is 17.8 Å². The molecule has 16 heavy (non-hydrogen) atoms. The maximum Gasteiger partial charge on any atom is 0.279 e. The van der Waals surface area contributed by atoms with Gasteiger partial charge in [0.25, 0.3) is 10.2 Å². The number of aromatic nitrogens is 1. The number of aryl methyl sites for hydroxylation is 1. The zero-order valence-corrected chi connectivity index (χ0v) is 10.1. The van der Waals surface area contributed by atoms with E-state index in [4.69, 9.17) is 4.42 Å². The molecule has 1 aromatic rings. The molecule has 0 saturated heterocycles. The van der Waals surface area contributed by atoms with Gasteiger partial charge in [-0.15, -0.1) is 0 Å². The molecule has 0 amide bonds. The van der Waals surface area contributed by atoms with E-state index in [1.807, 2.05) is 0 Å². The topological polar surface area (TPSA) is 75.4 Å². The molecule has 0 atom stereocenters. The van der Waals surface area contributed by atoms with Crippen molar-refractivity contribution in [3.63, 3.8) is 0 Å². The molecule has 1 heterocycles. The van der Waals surface area contributed by atoms with Crippen LogP contribution in [0.1, 0.15) is 24.3 Å². The predicted molar refractivity (Wildman–Crippen MR) is 57.8 cm³/mol. The summed E-state index contributed by atoms with van der Waals surface area (Å²) in [7, 11) is -1.80. The first-order valence-corrected chi connectivity index (χ1v) is 6.56. The zero-order valence-electron chi connectivity index (χ0n) is 9.30. The van der Waals surface area contributed by atoms with Crippen molar-refractivity contribution in [3.8, 4) is 0 Å². The Bertz CT molecular complexity index is 464. The van der Waals surface area contributed by atoms with E-state index in [0.29, 0.717) is 11.5 Å². The van der Waals surface area contributed by atoms with Gasteiger partial charge in [-0.05, 0) is 19.8 Å². The summed E-state index contributed by atoms with van der Waals surface area (Å²) in [5.41, 5.74) is 0.705. The first-order valence-electron chi connectivity index (χ1n) is 5.12. The Hall–Kier alpha value is -0.920. The van der Waals surface area contributed by atoms with Crippen LogP contribution in [0.25, 0.3) is 0 Å². The highest BCUT2D eigenvalue weighted by molar-refractivity contribution is 7.87. The fourth-order valence-electron chi connectivity index (χ4n) is 1.39. The lowest BCUT2D eigenvalue weighted by Crippen LogP contribution is -2.39. The second kappa shape index (κ2) is 4.15. The Balaban J connectivity index is 1.96. The summed E-state index contributed by atoms with van der Waals surface area (Å²) in [6.45, 7) is 1.92. The maximum absolute atomic E-state index is 11.8. The van der Waals surface area contributed by atoms with Crippen molar-refractivity contribution in [2.24, 2.45) is 0 Å². The number of hydrogen-bond acceptors (Lipinski definition) is 4. The van der Waals surface area contributed by atoms with Crippen LogP contribution in [-0.2, 0) is 16.8 Å². The van der Waals surface area contributed by atoms with Crippen molar-refractivity contribution < 1.29 is 12.8 Å². The van der Waals surface area contributed by atoms with E-state index in [2.05, 4.69) is 9.71 Å². The molecule has 1 aliphatic carbocycles. The molecule has 0 radical (unpaired) electrons. The van der Waals surface area contributed by atoms with E-state index < -0.39 is 10.2 Å². The van der Waals surface area contributed by atoms with Crippen LogP contribution in [0.2, 0.25) is 0 Å². The molecule has 1 saturated carbocycles. The summed E-state index contributed by atoms with van der Waals surface area (Å²) < 4.78 is 32.5. The van der Waals surface area contributed by atoms with Crippen LogP contribution >= 0.6 is 0 Å². The monoisotopic (exact) mass is 245 g/mol. The molecule has 1 aromatic heterocycles. The molecule has 0 unspecified atom stereocenters. The average Bonchev–Trinajstić information content (AvgIpc) is 2.99. The fraction of sp³-hybridized carbons (Fsp3) is 0.667. The molecule has 0 aromatic carbocycles. The van der Waals surface area contributed by atoms with Crippen LogP contribution in [0.3, 0.4) is 0 Å². The molecule has 1 N–H and O–H groups in total. The standard InChI is InChI=1S/C9H15N3O3S/c1-7-9(15-6-10-7)5-11-16(13,14)12(2)8-3-4-8/h6,8,11H,3-5H2,1-2H3. The molecule has 90 valence electrons. The molecule has 0 aliphatic heterocycles. The molecule has 0 bridgehead atoms. The van der Waals surface area contributed by atoms with E-state index >= 15 is 0 Å². The number of oxazole rings is 1. The lowest BCUT2D eigenvalue weighted by atomic mass is 10.4. The Morgan fingerprint density at radius 2 is 2.31 bits per heavy atom. The minimum atomic E-state index is -3.39. The molecular formula is C9H15N3O3S. The normalized spacial score (nSPS) is 16.9. The molecule has 1 aliphatic rings. The van der Waals surface area contributed by atoms with Gasteiger partial charge in [0, 0.05) is 13.1 Å². The Morgan fingerprint density at radius 1 is 1.62 bits per heavy atom. The van der Waals surface area contributed by atoms with Gasteiger partial charge in [0.15, 0.2) is 6.39 Å². The highest BCUT2D eigenvalue weighted by Crippen LogP contribution is 2.27. The predicted octanol–water partition coefficient (Wildman–Crippen LogP) is 0.412. The SMILES string of the molecule is Cc1ncoc1CNS(=O)(=O)N(C)C1CC1. The lowest BCUT2D eigenvalue weighted by Gasteiger charge is -2.16. The number of nitrogens with zero attached hydrogens (tertiary/aromatic N) is 2. The van der Waals surface area contributed by atoms with Crippen LogP contribution in [-0.4, -0.2) is 30.8 Å². The Labute approximate surface area is 94.8 Å². The second-order valence-corrected chi connectivity index (χ2v) is 5.75. The maximum atomic E-state index is 11.8. The molecule has 0 spiro atoms. The molecular weight excluding hydrogens is 230 g/mol. The first kappa shape index (κ1) is 11.6. The van der Waals surface area contributed by atoms with Crippen LogP contribution in [0.4, 0.5) is 0 Å². The van der Waals surface area contributed by atoms with E-state index in [-0.39, 0.29) is 12.6 Å². The smallest absolute Gasteiger partial charge is 0.279 e. The van der Waals surface area contributed by atoms with Gasteiger partial charge in [-0.2, -0.15) is 17.4 Å². The van der Waals surface area contributed by atoms with Gasteiger partial charge in [-0.25, -0.2) is 4.98 Å². The van der Waals surface area contributed by atoms with Crippen LogP contribution in [0.15, 0.2) is 10.8 Å². The van der Waals surface area contributed by atoms with Crippen molar-refractivity contribution in [1.29, 1.82) is 0 Å². The summed E-state index contributed by atoms with van der Waals surface area (Å²) in [4.78, 5) is 3.89. The largest absolute Gasteiger partial charge is 0.447 e. The third-order valence-corrected chi connectivity index (χ3v) is 4.27.